The highest BCUT2D eigenvalue weighted by Gasteiger charge is 2.06. The molecule has 0 amide bonds. The van der Waals surface area contributed by atoms with Crippen LogP contribution in [0, 0.1) is 0 Å². The third-order valence-corrected chi connectivity index (χ3v) is 3.15. The number of thioether (sulfide) groups is 1. The Labute approximate surface area is 98.4 Å². The molecule has 0 saturated carbocycles. The van der Waals surface area contributed by atoms with Gasteiger partial charge in [-0.25, -0.2) is 0 Å². The van der Waals surface area contributed by atoms with Gasteiger partial charge in [-0.15, -0.1) is 10.2 Å². The van der Waals surface area contributed by atoms with Crippen molar-refractivity contribution in [3.05, 3.63) is 42.6 Å². The Morgan fingerprint density at radius 2 is 2.50 bits per heavy atom. The van der Waals surface area contributed by atoms with Gasteiger partial charge in [-0.1, -0.05) is 23.9 Å². The van der Waals surface area contributed by atoms with Crippen LogP contribution in [0.5, 0.6) is 0 Å². The fraction of sp³-hybridized carbons (Fsp3) is 0.273. The SMILES string of the molecule is C=C(C)CSc1nncn1Cc1ccco1. The molecule has 2 aromatic rings. The molecule has 0 unspecified atom stereocenters. The van der Waals surface area contributed by atoms with Crippen molar-refractivity contribution in [2.75, 3.05) is 5.75 Å². The van der Waals surface area contributed by atoms with Gasteiger partial charge in [0.15, 0.2) is 5.16 Å². The van der Waals surface area contributed by atoms with Gasteiger partial charge in [-0.05, 0) is 19.1 Å². The van der Waals surface area contributed by atoms with Crippen molar-refractivity contribution in [1.29, 1.82) is 0 Å². The van der Waals surface area contributed by atoms with Crippen molar-refractivity contribution in [2.45, 2.75) is 18.6 Å². The van der Waals surface area contributed by atoms with Crippen LogP contribution in [0.15, 0.2) is 46.4 Å². The molecule has 0 fully saturated rings. The predicted octanol–water partition coefficient (Wildman–Crippen LogP) is 2.59. The fourth-order valence-corrected chi connectivity index (χ4v) is 1.98. The lowest BCUT2D eigenvalue weighted by molar-refractivity contribution is 0.484. The number of hydrogen-bond donors (Lipinski definition) is 0. The molecule has 4 nitrogen and oxygen atoms in total. The Balaban J connectivity index is 2.04. The number of furan rings is 1. The van der Waals surface area contributed by atoms with Crippen molar-refractivity contribution in [3.63, 3.8) is 0 Å². The Bertz CT molecular complexity index is 461. The molecule has 0 aliphatic rings. The van der Waals surface area contributed by atoms with Crippen LogP contribution in [-0.4, -0.2) is 20.5 Å². The number of nitrogens with zero attached hydrogens (tertiary/aromatic N) is 3. The maximum atomic E-state index is 5.28. The van der Waals surface area contributed by atoms with E-state index in [1.165, 1.54) is 0 Å². The van der Waals surface area contributed by atoms with Gasteiger partial charge in [-0.2, -0.15) is 0 Å². The molecular weight excluding hydrogens is 222 g/mol. The summed E-state index contributed by atoms with van der Waals surface area (Å²) in [6, 6.07) is 3.81. The molecule has 0 aromatic carbocycles. The number of hydrogen-bond acceptors (Lipinski definition) is 4. The van der Waals surface area contributed by atoms with E-state index in [-0.39, 0.29) is 0 Å². The molecule has 0 N–H and O–H groups in total. The smallest absolute Gasteiger partial charge is 0.191 e. The molecule has 2 heterocycles. The minimum atomic E-state index is 0.665. The minimum absolute atomic E-state index is 0.665. The molecule has 5 heteroatoms. The molecule has 0 bridgehead atoms. The first-order chi connectivity index (χ1) is 7.75. The number of rotatable bonds is 5. The van der Waals surface area contributed by atoms with Gasteiger partial charge in [0.25, 0.3) is 0 Å². The van der Waals surface area contributed by atoms with E-state index in [2.05, 4.69) is 16.8 Å². The van der Waals surface area contributed by atoms with E-state index in [0.29, 0.717) is 6.54 Å². The van der Waals surface area contributed by atoms with E-state index < -0.39 is 0 Å². The fourth-order valence-electron chi connectivity index (χ4n) is 1.22. The topological polar surface area (TPSA) is 43.9 Å². The normalized spacial score (nSPS) is 10.6. The first kappa shape index (κ1) is 11.0. The van der Waals surface area contributed by atoms with Crippen LogP contribution in [-0.2, 0) is 6.54 Å². The van der Waals surface area contributed by atoms with E-state index >= 15 is 0 Å². The first-order valence-corrected chi connectivity index (χ1v) is 5.91. The first-order valence-electron chi connectivity index (χ1n) is 4.93. The zero-order valence-electron chi connectivity index (χ0n) is 9.09. The summed E-state index contributed by atoms with van der Waals surface area (Å²) in [4.78, 5) is 0. The van der Waals surface area contributed by atoms with Gasteiger partial charge in [-0.3, -0.25) is 0 Å². The van der Waals surface area contributed by atoms with Gasteiger partial charge >= 0.3 is 0 Å². The van der Waals surface area contributed by atoms with Gasteiger partial charge in [0.05, 0.1) is 12.8 Å². The van der Waals surface area contributed by atoms with E-state index in [1.807, 2.05) is 23.6 Å². The molecule has 0 saturated heterocycles. The molecule has 0 spiro atoms. The second kappa shape index (κ2) is 5.03. The summed E-state index contributed by atoms with van der Waals surface area (Å²) < 4.78 is 7.25. The van der Waals surface area contributed by atoms with Crippen molar-refractivity contribution in [1.82, 2.24) is 14.8 Å². The van der Waals surface area contributed by atoms with Gasteiger partial charge < -0.3 is 8.98 Å². The highest BCUT2D eigenvalue weighted by molar-refractivity contribution is 7.99. The van der Waals surface area contributed by atoms with Crippen LogP contribution in [0.3, 0.4) is 0 Å². The molecule has 0 aliphatic heterocycles. The van der Waals surface area contributed by atoms with E-state index in [4.69, 9.17) is 4.42 Å². The summed E-state index contributed by atoms with van der Waals surface area (Å²) in [6.45, 7) is 6.53. The highest BCUT2D eigenvalue weighted by Crippen LogP contribution is 2.18. The summed E-state index contributed by atoms with van der Waals surface area (Å²) in [5, 5.41) is 8.85. The Hall–Kier alpha value is -1.49. The quantitative estimate of drug-likeness (QED) is 0.590. The van der Waals surface area contributed by atoms with Crippen LogP contribution in [0.1, 0.15) is 12.7 Å². The lowest BCUT2D eigenvalue weighted by Gasteiger charge is -2.03. The van der Waals surface area contributed by atoms with Crippen molar-refractivity contribution >= 4 is 11.8 Å². The Kier molecular flexibility index (Phi) is 3.46. The molecule has 2 aromatic heterocycles. The zero-order chi connectivity index (χ0) is 11.4. The van der Waals surface area contributed by atoms with Gasteiger partial charge in [0.2, 0.25) is 0 Å². The highest BCUT2D eigenvalue weighted by atomic mass is 32.2. The maximum absolute atomic E-state index is 5.28. The predicted molar refractivity (Wildman–Crippen MR) is 63.4 cm³/mol. The van der Waals surface area contributed by atoms with Crippen LogP contribution in [0.4, 0.5) is 0 Å². The zero-order valence-corrected chi connectivity index (χ0v) is 9.91. The van der Waals surface area contributed by atoms with Gasteiger partial charge in [0.1, 0.15) is 12.1 Å². The Morgan fingerprint density at radius 1 is 1.62 bits per heavy atom. The molecule has 0 aliphatic carbocycles. The second-order valence-corrected chi connectivity index (χ2v) is 4.51. The van der Waals surface area contributed by atoms with E-state index in [1.54, 1.807) is 24.4 Å². The molecule has 0 radical (unpaired) electrons. The molecular formula is C11H13N3OS. The summed E-state index contributed by atoms with van der Waals surface area (Å²) in [5.41, 5.74) is 1.12. The maximum Gasteiger partial charge on any atom is 0.191 e. The van der Waals surface area contributed by atoms with E-state index in [0.717, 1.165) is 22.2 Å². The van der Waals surface area contributed by atoms with Crippen molar-refractivity contribution in [2.24, 2.45) is 0 Å². The number of aromatic nitrogens is 3. The van der Waals surface area contributed by atoms with E-state index in [9.17, 15) is 0 Å². The van der Waals surface area contributed by atoms with Crippen LogP contribution >= 0.6 is 11.8 Å². The lowest BCUT2D eigenvalue weighted by atomic mass is 10.4. The third-order valence-electron chi connectivity index (χ3n) is 1.93. The summed E-state index contributed by atoms with van der Waals surface area (Å²) in [5.74, 6) is 1.76. The van der Waals surface area contributed by atoms with Crippen LogP contribution < -0.4 is 0 Å². The summed E-state index contributed by atoms with van der Waals surface area (Å²) in [6.07, 6.45) is 3.38. The average Bonchev–Trinajstić information content (AvgIpc) is 2.87. The summed E-state index contributed by atoms with van der Waals surface area (Å²) >= 11 is 1.63. The second-order valence-electron chi connectivity index (χ2n) is 3.57. The standard InChI is InChI=1S/C11H13N3OS/c1-9(2)7-16-11-13-12-8-14(11)6-10-4-3-5-15-10/h3-5,8H,1,6-7H2,2H3. The van der Waals surface area contributed by atoms with Crippen LogP contribution in [0.2, 0.25) is 0 Å². The Morgan fingerprint density at radius 3 is 3.19 bits per heavy atom. The van der Waals surface area contributed by atoms with Crippen molar-refractivity contribution < 1.29 is 4.42 Å². The van der Waals surface area contributed by atoms with Crippen LogP contribution in [0.25, 0.3) is 0 Å². The molecule has 2 rings (SSSR count). The molecule has 16 heavy (non-hydrogen) atoms. The summed E-state index contributed by atoms with van der Waals surface area (Å²) in [7, 11) is 0. The van der Waals surface area contributed by atoms with Gasteiger partial charge in [0, 0.05) is 5.75 Å². The monoisotopic (exact) mass is 235 g/mol. The lowest BCUT2D eigenvalue weighted by Crippen LogP contribution is -1.99. The largest absolute Gasteiger partial charge is 0.467 e. The average molecular weight is 235 g/mol. The third kappa shape index (κ3) is 2.76. The minimum Gasteiger partial charge on any atom is -0.467 e. The molecule has 0 atom stereocenters. The molecule has 84 valence electrons. The van der Waals surface area contributed by atoms with Crippen molar-refractivity contribution in [3.8, 4) is 0 Å².